The number of amides is 2. The van der Waals surface area contributed by atoms with Gasteiger partial charge in [-0.15, -0.1) is 0 Å². The van der Waals surface area contributed by atoms with E-state index >= 15 is 0 Å². The van der Waals surface area contributed by atoms with Gasteiger partial charge in [0, 0.05) is 41.1 Å². The van der Waals surface area contributed by atoms with Gasteiger partial charge in [-0.3, -0.25) is 23.5 Å². The highest BCUT2D eigenvalue weighted by atomic mass is 32.2. The molecule has 0 bridgehead atoms. The molecule has 13 nitrogen and oxygen atoms in total. The molecule has 0 spiro atoms. The second-order valence-corrected chi connectivity index (χ2v) is 11.4. The number of carboxylic acid groups (broad SMARTS) is 1. The van der Waals surface area contributed by atoms with Crippen LogP contribution in [0.5, 0.6) is 5.75 Å². The van der Waals surface area contributed by atoms with Gasteiger partial charge >= 0.3 is 5.97 Å². The highest BCUT2D eigenvalue weighted by Crippen LogP contribution is 2.43. The van der Waals surface area contributed by atoms with Crippen LogP contribution in [0.2, 0.25) is 0 Å². The first-order chi connectivity index (χ1) is 18.2. The Bertz CT molecular complexity index is 1850. The number of likely N-dealkylation sites (N-methyl/N-ethyl adjacent to an activating group) is 1. The number of rotatable bonds is 10. The van der Waals surface area contributed by atoms with E-state index < -0.39 is 66.9 Å². The highest BCUT2D eigenvalue weighted by molar-refractivity contribution is 7.86. The van der Waals surface area contributed by atoms with E-state index in [0.717, 1.165) is 6.07 Å². The number of carbonyl (C=O) groups excluding carboxylic acids is 2. The molecular weight excluding hydrogens is 556 g/mol. The molecule has 0 saturated carbocycles. The molecule has 5 N–H and O–H groups in total. The summed E-state index contributed by atoms with van der Waals surface area (Å²) < 4.78 is 73.7. The van der Waals surface area contributed by atoms with Crippen molar-refractivity contribution in [3.63, 3.8) is 0 Å². The lowest BCUT2D eigenvalue weighted by molar-refractivity contribution is -0.138. The molecule has 1 unspecified atom stereocenters. The summed E-state index contributed by atoms with van der Waals surface area (Å²) in [4.78, 5) is 34.5. The topological polar surface area (TPSA) is 213 Å². The van der Waals surface area contributed by atoms with Crippen LogP contribution >= 0.6 is 0 Å². The Kier molecular flexibility index (Phi) is 7.36. The molecule has 15 heteroatoms. The van der Waals surface area contributed by atoms with Gasteiger partial charge in [0.05, 0.1) is 0 Å². The van der Waals surface area contributed by atoms with Crippen molar-refractivity contribution >= 4 is 70.3 Å². The maximum atomic E-state index is 12.6. The molecule has 4 aromatic carbocycles. The highest BCUT2D eigenvalue weighted by Gasteiger charge is 2.25. The molecule has 206 valence electrons. The normalized spacial score (nSPS) is 13.0. The van der Waals surface area contributed by atoms with E-state index in [1.165, 1.54) is 31.3 Å². The molecule has 0 heterocycles. The molecule has 0 aliphatic rings. The summed E-state index contributed by atoms with van der Waals surface area (Å²) in [5, 5.41) is 14.9. The summed E-state index contributed by atoms with van der Waals surface area (Å²) in [7, 11) is -8.17. The monoisotopic (exact) mass is 578 g/mol. The van der Waals surface area contributed by atoms with Crippen molar-refractivity contribution in [2.24, 2.45) is 0 Å². The fourth-order valence-electron chi connectivity index (χ4n) is 4.45. The molecule has 0 radical (unpaired) electrons. The average molecular weight is 579 g/mol. The molecule has 0 aliphatic carbocycles. The summed E-state index contributed by atoms with van der Waals surface area (Å²) in [5.41, 5.74) is 0. The van der Waals surface area contributed by atoms with Crippen molar-refractivity contribution in [1.82, 2.24) is 10.6 Å². The number of hydrogen-bond acceptors (Lipinski definition) is 8. The number of carbonyl (C=O) groups is 3. The third kappa shape index (κ3) is 5.56. The lowest BCUT2D eigenvalue weighted by Crippen LogP contribution is -2.47. The zero-order valence-corrected chi connectivity index (χ0v) is 21.8. The van der Waals surface area contributed by atoms with Crippen LogP contribution in [0.3, 0.4) is 0 Å². The van der Waals surface area contributed by atoms with E-state index in [1.807, 2.05) is 0 Å². The van der Waals surface area contributed by atoms with Gasteiger partial charge in [-0.05, 0) is 29.3 Å². The largest absolute Gasteiger partial charge is 0.483 e. The standard InChI is InChI=1S/C24H22N2O11S2/c1-25-24(30)16(7-9-21(28)29)26-20(27)11-37-17-10-19(39(34,35)36)15-6-5-14-18(38(31,32)33)8-3-12-2-4-13(17)23(15)22(12)14/h2-6,8,10,16H,7,9,11H2,1H3,(H,25,30)(H,26,27)(H,28,29)(H,31,32,33)(H,34,35,36). The molecule has 2 amide bonds. The van der Waals surface area contributed by atoms with Gasteiger partial charge in [-0.1, -0.05) is 24.3 Å². The Morgan fingerprint density at radius 3 is 2.05 bits per heavy atom. The van der Waals surface area contributed by atoms with E-state index in [0.29, 0.717) is 5.39 Å². The molecule has 0 fully saturated rings. The quantitative estimate of drug-likeness (QED) is 0.134. The third-order valence-electron chi connectivity index (χ3n) is 6.13. The summed E-state index contributed by atoms with van der Waals surface area (Å²) in [6.45, 7) is -0.717. The summed E-state index contributed by atoms with van der Waals surface area (Å²) in [6.07, 6.45) is -0.583. The van der Waals surface area contributed by atoms with E-state index in [2.05, 4.69) is 10.6 Å². The van der Waals surface area contributed by atoms with Crippen LogP contribution in [-0.2, 0) is 34.6 Å². The Morgan fingerprint density at radius 2 is 1.46 bits per heavy atom. The minimum absolute atomic E-state index is 0.0447. The first-order valence-corrected chi connectivity index (χ1v) is 14.2. The molecule has 0 aromatic heterocycles. The Morgan fingerprint density at radius 1 is 0.872 bits per heavy atom. The van der Waals surface area contributed by atoms with Gasteiger partial charge in [-0.2, -0.15) is 16.8 Å². The maximum Gasteiger partial charge on any atom is 0.303 e. The van der Waals surface area contributed by atoms with Crippen LogP contribution in [-0.4, -0.2) is 68.5 Å². The number of ether oxygens (including phenoxy) is 1. The van der Waals surface area contributed by atoms with Crippen molar-refractivity contribution < 1.29 is 50.2 Å². The second-order valence-electron chi connectivity index (χ2n) is 8.59. The zero-order valence-electron chi connectivity index (χ0n) is 20.2. The van der Waals surface area contributed by atoms with Crippen LogP contribution in [0.15, 0.2) is 52.3 Å². The lowest BCUT2D eigenvalue weighted by Gasteiger charge is -2.19. The lowest BCUT2D eigenvalue weighted by atomic mass is 9.94. The first kappa shape index (κ1) is 28.0. The fourth-order valence-corrected chi connectivity index (χ4v) is 5.85. The number of nitrogens with one attached hydrogen (secondary N) is 2. The first-order valence-electron chi connectivity index (χ1n) is 11.3. The van der Waals surface area contributed by atoms with E-state index in [-0.39, 0.29) is 39.1 Å². The minimum Gasteiger partial charge on any atom is -0.483 e. The molecule has 39 heavy (non-hydrogen) atoms. The predicted octanol–water partition coefficient (Wildman–Crippen LogP) is 1.55. The van der Waals surface area contributed by atoms with Crippen LogP contribution in [0.25, 0.3) is 32.3 Å². The van der Waals surface area contributed by atoms with Crippen molar-refractivity contribution in [1.29, 1.82) is 0 Å². The van der Waals surface area contributed by atoms with Crippen LogP contribution in [0.1, 0.15) is 12.8 Å². The van der Waals surface area contributed by atoms with E-state index in [9.17, 15) is 40.3 Å². The SMILES string of the molecule is CNC(=O)C(CCC(=O)O)NC(=O)COc1cc(S(=O)(=O)O)c2ccc3c(S(=O)(=O)O)ccc4ccc1c2c43. The Labute approximate surface area is 221 Å². The van der Waals surface area contributed by atoms with E-state index in [4.69, 9.17) is 9.84 Å². The van der Waals surface area contributed by atoms with Gasteiger partial charge in [0.1, 0.15) is 21.6 Å². The second kappa shape index (κ2) is 10.3. The third-order valence-corrected chi connectivity index (χ3v) is 7.93. The van der Waals surface area contributed by atoms with Gasteiger partial charge < -0.3 is 20.5 Å². The molecule has 0 aliphatic heterocycles. The number of hydrogen-bond donors (Lipinski definition) is 5. The van der Waals surface area contributed by atoms with Gasteiger partial charge in [0.15, 0.2) is 6.61 Å². The predicted molar refractivity (Wildman–Crippen MR) is 138 cm³/mol. The van der Waals surface area contributed by atoms with Crippen molar-refractivity contribution in [2.75, 3.05) is 13.7 Å². The fraction of sp³-hybridized carbons (Fsp3) is 0.208. The minimum atomic E-state index is -4.83. The summed E-state index contributed by atoms with van der Waals surface area (Å²) in [6, 6.07) is 8.22. The smallest absolute Gasteiger partial charge is 0.303 e. The molecule has 1 atom stereocenters. The Hall–Kier alpha value is -4.05. The van der Waals surface area contributed by atoms with Crippen molar-refractivity contribution in [2.45, 2.75) is 28.7 Å². The molecule has 0 saturated heterocycles. The number of benzene rings is 4. The molecule has 4 rings (SSSR count). The number of aliphatic carboxylic acids is 1. The molecule has 4 aromatic rings. The average Bonchev–Trinajstić information content (AvgIpc) is 2.86. The Balaban J connectivity index is 1.81. The van der Waals surface area contributed by atoms with Crippen LogP contribution < -0.4 is 15.4 Å². The summed E-state index contributed by atoms with van der Waals surface area (Å²) in [5.74, 6) is -2.77. The van der Waals surface area contributed by atoms with E-state index in [1.54, 1.807) is 12.1 Å². The van der Waals surface area contributed by atoms with Gasteiger partial charge in [-0.25, -0.2) is 0 Å². The maximum absolute atomic E-state index is 12.6. The van der Waals surface area contributed by atoms with Crippen LogP contribution in [0, 0.1) is 0 Å². The van der Waals surface area contributed by atoms with Crippen LogP contribution in [0.4, 0.5) is 0 Å². The van der Waals surface area contributed by atoms with Gasteiger partial charge in [0.2, 0.25) is 5.91 Å². The van der Waals surface area contributed by atoms with Gasteiger partial charge in [0.25, 0.3) is 26.1 Å². The zero-order chi connectivity index (χ0) is 28.7. The molecular formula is C24H22N2O11S2. The van der Waals surface area contributed by atoms with Crippen molar-refractivity contribution in [3.8, 4) is 5.75 Å². The number of carboxylic acids is 1. The van der Waals surface area contributed by atoms with Crippen molar-refractivity contribution in [3.05, 3.63) is 42.5 Å². The summed E-state index contributed by atoms with van der Waals surface area (Å²) >= 11 is 0.